The van der Waals surface area contributed by atoms with Crippen LogP contribution in [0.4, 0.5) is 4.79 Å². The molecule has 0 rings (SSSR count). The van der Waals surface area contributed by atoms with Crippen LogP contribution in [0.5, 0.6) is 0 Å². The van der Waals surface area contributed by atoms with Gasteiger partial charge in [-0.2, -0.15) is 0 Å². The Labute approximate surface area is 118 Å². The van der Waals surface area contributed by atoms with Crippen molar-refractivity contribution in [1.82, 2.24) is 15.5 Å². The molecule has 1 unspecified atom stereocenters. The molecule has 4 N–H and O–H groups in total. The summed E-state index contributed by atoms with van der Waals surface area (Å²) < 4.78 is 0. The third-order valence-corrected chi connectivity index (χ3v) is 2.43. The van der Waals surface area contributed by atoms with E-state index in [1.165, 1.54) is 4.90 Å². The first-order valence-corrected chi connectivity index (χ1v) is 6.50. The number of carbonyl (C=O) groups excluding carboxylic acids is 2. The smallest absolute Gasteiger partial charge is 0.332 e. The van der Waals surface area contributed by atoms with Crippen molar-refractivity contribution in [3.63, 3.8) is 0 Å². The Balaban J connectivity index is 4.14. The van der Waals surface area contributed by atoms with E-state index in [-0.39, 0.29) is 31.5 Å². The van der Waals surface area contributed by atoms with Gasteiger partial charge in [-0.05, 0) is 20.8 Å². The largest absolute Gasteiger partial charge is 0.479 e. The minimum Gasteiger partial charge on any atom is -0.479 e. The maximum atomic E-state index is 11.8. The topological polar surface area (TPSA) is 119 Å². The molecule has 20 heavy (non-hydrogen) atoms. The summed E-state index contributed by atoms with van der Waals surface area (Å²) in [4.78, 5) is 35.0. The van der Waals surface area contributed by atoms with Crippen LogP contribution in [-0.2, 0) is 9.59 Å². The third-order valence-electron chi connectivity index (χ3n) is 2.43. The van der Waals surface area contributed by atoms with Crippen molar-refractivity contribution in [3.05, 3.63) is 0 Å². The molecule has 0 aromatic heterocycles. The second-order valence-electron chi connectivity index (χ2n) is 4.61. The first kappa shape index (κ1) is 18.2. The van der Waals surface area contributed by atoms with Gasteiger partial charge in [0.2, 0.25) is 5.91 Å². The number of rotatable bonds is 8. The van der Waals surface area contributed by atoms with Crippen LogP contribution < -0.4 is 10.6 Å². The van der Waals surface area contributed by atoms with E-state index in [1.807, 2.05) is 13.8 Å². The van der Waals surface area contributed by atoms with Crippen molar-refractivity contribution in [2.24, 2.45) is 0 Å². The predicted octanol–water partition coefficient (Wildman–Crippen LogP) is -0.622. The van der Waals surface area contributed by atoms with E-state index in [0.29, 0.717) is 6.54 Å². The lowest BCUT2D eigenvalue weighted by Crippen LogP contribution is -2.47. The molecule has 0 spiro atoms. The SMILES string of the molecule is CCN(CC(=O)NC(C)C)C(=O)NCCC(O)C(=O)O. The Kier molecular flexibility index (Phi) is 8.30. The van der Waals surface area contributed by atoms with Gasteiger partial charge >= 0.3 is 12.0 Å². The van der Waals surface area contributed by atoms with Gasteiger partial charge in [0.1, 0.15) is 6.54 Å². The van der Waals surface area contributed by atoms with Crippen LogP contribution in [0.15, 0.2) is 0 Å². The Morgan fingerprint density at radius 2 is 1.85 bits per heavy atom. The number of likely N-dealkylation sites (N-methyl/N-ethyl adjacent to an activating group) is 1. The maximum Gasteiger partial charge on any atom is 0.332 e. The Morgan fingerprint density at radius 1 is 1.25 bits per heavy atom. The van der Waals surface area contributed by atoms with Crippen LogP contribution in [0.3, 0.4) is 0 Å². The van der Waals surface area contributed by atoms with Gasteiger partial charge in [0.15, 0.2) is 6.10 Å². The molecule has 8 heteroatoms. The highest BCUT2D eigenvalue weighted by atomic mass is 16.4. The van der Waals surface area contributed by atoms with Crippen molar-refractivity contribution in [2.75, 3.05) is 19.6 Å². The standard InChI is InChI=1S/C12H23N3O5/c1-4-15(7-10(17)14-8(2)3)12(20)13-6-5-9(16)11(18)19/h8-9,16H,4-7H2,1-3H3,(H,13,20)(H,14,17)(H,18,19). The number of nitrogens with zero attached hydrogens (tertiary/aromatic N) is 1. The van der Waals surface area contributed by atoms with Crippen LogP contribution >= 0.6 is 0 Å². The Bertz CT molecular complexity index is 346. The fraction of sp³-hybridized carbons (Fsp3) is 0.750. The molecule has 0 fully saturated rings. The highest BCUT2D eigenvalue weighted by Crippen LogP contribution is 1.93. The van der Waals surface area contributed by atoms with Gasteiger partial charge in [-0.15, -0.1) is 0 Å². The second kappa shape index (κ2) is 9.13. The minimum absolute atomic E-state index is 0.00465. The number of hydrogen-bond donors (Lipinski definition) is 4. The average molecular weight is 289 g/mol. The minimum atomic E-state index is -1.50. The molecule has 0 aromatic carbocycles. The first-order chi connectivity index (χ1) is 9.27. The normalized spacial score (nSPS) is 11.8. The monoisotopic (exact) mass is 289 g/mol. The predicted molar refractivity (Wildman–Crippen MR) is 72.2 cm³/mol. The lowest BCUT2D eigenvalue weighted by atomic mass is 10.2. The van der Waals surface area contributed by atoms with E-state index >= 15 is 0 Å². The highest BCUT2D eigenvalue weighted by molar-refractivity contribution is 5.84. The van der Waals surface area contributed by atoms with E-state index in [0.717, 1.165) is 0 Å². The molecule has 0 radical (unpaired) electrons. The molecule has 3 amide bonds. The van der Waals surface area contributed by atoms with Gasteiger partial charge in [0.25, 0.3) is 0 Å². The van der Waals surface area contributed by atoms with Gasteiger partial charge in [0.05, 0.1) is 0 Å². The summed E-state index contributed by atoms with van der Waals surface area (Å²) in [5, 5.41) is 22.7. The zero-order valence-corrected chi connectivity index (χ0v) is 12.0. The molecular weight excluding hydrogens is 266 g/mol. The van der Waals surface area contributed by atoms with Gasteiger partial charge in [0, 0.05) is 25.6 Å². The number of hydrogen-bond acceptors (Lipinski definition) is 4. The number of aliphatic hydroxyl groups is 1. The van der Waals surface area contributed by atoms with E-state index in [1.54, 1.807) is 6.92 Å². The first-order valence-electron chi connectivity index (χ1n) is 6.50. The molecule has 0 bridgehead atoms. The van der Waals surface area contributed by atoms with Crippen molar-refractivity contribution in [1.29, 1.82) is 0 Å². The Hall–Kier alpha value is -1.83. The van der Waals surface area contributed by atoms with Crippen molar-refractivity contribution in [3.8, 4) is 0 Å². The Morgan fingerprint density at radius 3 is 2.30 bits per heavy atom. The van der Waals surface area contributed by atoms with Crippen molar-refractivity contribution in [2.45, 2.75) is 39.3 Å². The number of aliphatic carboxylic acids is 1. The van der Waals surface area contributed by atoms with E-state index in [9.17, 15) is 14.4 Å². The molecule has 0 aromatic rings. The molecular formula is C12H23N3O5. The van der Waals surface area contributed by atoms with E-state index in [2.05, 4.69) is 10.6 Å². The van der Waals surface area contributed by atoms with Crippen LogP contribution in [0.1, 0.15) is 27.2 Å². The van der Waals surface area contributed by atoms with Gasteiger partial charge < -0.3 is 25.7 Å². The summed E-state index contributed by atoms with van der Waals surface area (Å²) in [6.07, 6.45) is -1.59. The van der Waals surface area contributed by atoms with Crippen molar-refractivity contribution < 1.29 is 24.6 Å². The fourth-order valence-corrected chi connectivity index (χ4v) is 1.42. The average Bonchev–Trinajstić information content (AvgIpc) is 2.34. The second-order valence-corrected chi connectivity index (χ2v) is 4.61. The summed E-state index contributed by atoms with van der Waals surface area (Å²) in [5.74, 6) is -1.59. The number of carbonyl (C=O) groups is 3. The van der Waals surface area contributed by atoms with Crippen LogP contribution in [0, 0.1) is 0 Å². The van der Waals surface area contributed by atoms with Crippen LogP contribution in [-0.4, -0.2) is 64.8 Å². The van der Waals surface area contributed by atoms with Crippen LogP contribution in [0.25, 0.3) is 0 Å². The number of carboxylic acids is 1. The number of aliphatic hydroxyl groups excluding tert-OH is 1. The number of urea groups is 1. The highest BCUT2D eigenvalue weighted by Gasteiger charge is 2.17. The van der Waals surface area contributed by atoms with Gasteiger partial charge in [-0.3, -0.25) is 4.79 Å². The molecule has 1 atom stereocenters. The molecule has 8 nitrogen and oxygen atoms in total. The van der Waals surface area contributed by atoms with Gasteiger partial charge in [-0.25, -0.2) is 9.59 Å². The van der Waals surface area contributed by atoms with Crippen molar-refractivity contribution >= 4 is 17.9 Å². The molecule has 116 valence electrons. The molecule has 0 aliphatic rings. The molecule has 0 saturated heterocycles. The zero-order valence-electron chi connectivity index (χ0n) is 12.0. The lowest BCUT2D eigenvalue weighted by molar-refractivity contribution is -0.146. The van der Waals surface area contributed by atoms with E-state index in [4.69, 9.17) is 10.2 Å². The number of carboxylic acid groups (broad SMARTS) is 1. The third kappa shape index (κ3) is 7.57. The quantitative estimate of drug-likeness (QED) is 0.475. The molecule has 0 aliphatic carbocycles. The maximum absolute atomic E-state index is 11.8. The molecule has 0 saturated carbocycles. The molecule has 0 aliphatic heterocycles. The fourth-order valence-electron chi connectivity index (χ4n) is 1.42. The number of amides is 3. The zero-order chi connectivity index (χ0) is 15.7. The summed E-state index contributed by atoms with van der Waals surface area (Å²) in [6.45, 7) is 5.67. The summed E-state index contributed by atoms with van der Waals surface area (Å²) in [7, 11) is 0. The lowest BCUT2D eigenvalue weighted by Gasteiger charge is -2.21. The summed E-state index contributed by atoms with van der Waals surface area (Å²) in [5.41, 5.74) is 0. The summed E-state index contributed by atoms with van der Waals surface area (Å²) in [6, 6.07) is -0.473. The van der Waals surface area contributed by atoms with Gasteiger partial charge in [-0.1, -0.05) is 0 Å². The number of nitrogens with one attached hydrogen (secondary N) is 2. The summed E-state index contributed by atoms with van der Waals surface area (Å²) >= 11 is 0. The molecule has 0 heterocycles. The van der Waals surface area contributed by atoms with E-state index < -0.39 is 18.1 Å². The van der Waals surface area contributed by atoms with Crippen LogP contribution in [0.2, 0.25) is 0 Å².